The Labute approximate surface area is 171 Å². The third kappa shape index (κ3) is 3.50. The summed E-state index contributed by atoms with van der Waals surface area (Å²) in [6, 6.07) is 10.1. The van der Waals surface area contributed by atoms with Crippen LogP contribution in [0.2, 0.25) is 0 Å². The largest absolute Gasteiger partial charge is 0.391 e. The van der Waals surface area contributed by atoms with E-state index in [2.05, 4.69) is 22.3 Å². The zero-order valence-corrected chi connectivity index (χ0v) is 16.8. The molecule has 1 saturated carbocycles. The van der Waals surface area contributed by atoms with Crippen LogP contribution in [0.5, 0.6) is 0 Å². The van der Waals surface area contributed by atoms with Crippen molar-refractivity contribution in [3.63, 3.8) is 0 Å². The highest BCUT2D eigenvalue weighted by Gasteiger charge is 2.43. The third-order valence-corrected chi connectivity index (χ3v) is 6.77. The van der Waals surface area contributed by atoms with Gasteiger partial charge >= 0.3 is 0 Å². The fourth-order valence-corrected chi connectivity index (χ4v) is 5.41. The molecular formula is C23H28N4O2. The number of hydrogen-bond acceptors (Lipinski definition) is 5. The number of nitrogens with zero attached hydrogens (tertiary/aromatic N) is 3. The Morgan fingerprint density at radius 1 is 1.10 bits per heavy atom. The number of nitrogens with one attached hydrogen (secondary N) is 1. The summed E-state index contributed by atoms with van der Waals surface area (Å²) >= 11 is 0. The van der Waals surface area contributed by atoms with Crippen LogP contribution in [0.4, 0.5) is 5.82 Å². The number of benzene rings is 1. The van der Waals surface area contributed by atoms with Gasteiger partial charge in [0.2, 0.25) is 5.91 Å². The molecule has 2 fully saturated rings. The van der Waals surface area contributed by atoms with Crippen molar-refractivity contribution in [2.45, 2.75) is 51.2 Å². The molecule has 1 amide bonds. The molecule has 6 nitrogen and oxygen atoms in total. The Morgan fingerprint density at radius 3 is 2.62 bits per heavy atom. The SMILES string of the molecule is CC(=O)N[C@@H]1C[C@@H]2CN(c3nc(-c4ccccc4)nc4c3CCC4)C[C@@H]2C[C@H]1O. The van der Waals surface area contributed by atoms with E-state index in [1.54, 1.807) is 0 Å². The Bertz CT molecular complexity index is 917. The van der Waals surface area contributed by atoms with Gasteiger partial charge in [-0.25, -0.2) is 9.97 Å². The highest BCUT2D eigenvalue weighted by atomic mass is 16.3. The molecule has 152 valence electrons. The number of carbonyl (C=O) groups excluding carboxylic acids is 1. The molecule has 2 heterocycles. The first-order valence-electron chi connectivity index (χ1n) is 10.7. The highest BCUT2D eigenvalue weighted by Crippen LogP contribution is 2.40. The second kappa shape index (κ2) is 7.41. The first kappa shape index (κ1) is 18.6. The fraction of sp³-hybridized carbons (Fsp3) is 0.522. The minimum Gasteiger partial charge on any atom is -0.391 e. The van der Waals surface area contributed by atoms with Gasteiger partial charge in [0, 0.05) is 36.8 Å². The van der Waals surface area contributed by atoms with Crippen molar-refractivity contribution in [1.82, 2.24) is 15.3 Å². The lowest BCUT2D eigenvalue weighted by molar-refractivity contribution is -0.121. The van der Waals surface area contributed by atoms with Crippen molar-refractivity contribution in [1.29, 1.82) is 0 Å². The lowest BCUT2D eigenvalue weighted by Gasteiger charge is -2.35. The monoisotopic (exact) mass is 392 g/mol. The summed E-state index contributed by atoms with van der Waals surface area (Å²) < 4.78 is 0. The second-order valence-corrected chi connectivity index (χ2v) is 8.79. The van der Waals surface area contributed by atoms with Crippen molar-refractivity contribution in [3.8, 4) is 11.4 Å². The van der Waals surface area contributed by atoms with Gasteiger partial charge in [-0.15, -0.1) is 0 Å². The molecule has 0 bridgehead atoms. The molecular weight excluding hydrogens is 364 g/mol. The molecule has 2 aliphatic carbocycles. The van der Waals surface area contributed by atoms with E-state index in [4.69, 9.17) is 9.97 Å². The maximum absolute atomic E-state index is 11.5. The van der Waals surface area contributed by atoms with Crippen molar-refractivity contribution < 1.29 is 9.90 Å². The average molecular weight is 393 g/mol. The van der Waals surface area contributed by atoms with Crippen LogP contribution < -0.4 is 10.2 Å². The smallest absolute Gasteiger partial charge is 0.217 e. The number of hydrogen-bond donors (Lipinski definition) is 2. The molecule has 2 N–H and O–H groups in total. The van der Waals surface area contributed by atoms with Crippen molar-refractivity contribution in [3.05, 3.63) is 41.6 Å². The van der Waals surface area contributed by atoms with Gasteiger partial charge in [-0.3, -0.25) is 4.79 Å². The van der Waals surface area contributed by atoms with E-state index in [0.717, 1.165) is 62.4 Å². The van der Waals surface area contributed by atoms with E-state index >= 15 is 0 Å². The lowest BCUT2D eigenvalue weighted by atomic mass is 9.77. The predicted molar refractivity (Wildman–Crippen MR) is 112 cm³/mol. The lowest BCUT2D eigenvalue weighted by Crippen LogP contribution is -2.48. The van der Waals surface area contributed by atoms with E-state index in [1.807, 2.05) is 18.2 Å². The van der Waals surface area contributed by atoms with Crippen LogP contribution >= 0.6 is 0 Å². The van der Waals surface area contributed by atoms with E-state index in [9.17, 15) is 9.90 Å². The Morgan fingerprint density at radius 2 is 1.86 bits per heavy atom. The van der Waals surface area contributed by atoms with Crippen LogP contribution in [-0.2, 0) is 17.6 Å². The number of rotatable bonds is 3. The maximum atomic E-state index is 11.5. The molecule has 29 heavy (non-hydrogen) atoms. The van der Waals surface area contributed by atoms with Gasteiger partial charge < -0.3 is 15.3 Å². The van der Waals surface area contributed by atoms with E-state index in [-0.39, 0.29) is 11.9 Å². The summed E-state index contributed by atoms with van der Waals surface area (Å²) in [6.07, 6.45) is 4.32. The molecule has 6 heteroatoms. The van der Waals surface area contributed by atoms with Gasteiger partial charge in [-0.1, -0.05) is 30.3 Å². The summed E-state index contributed by atoms with van der Waals surface area (Å²) in [4.78, 5) is 23.8. The van der Waals surface area contributed by atoms with E-state index in [1.165, 1.54) is 18.2 Å². The molecule has 1 saturated heterocycles. The Hall–Kier alpha value is -2.47. The van der Waals surface area contributed by atoms with Crippen LogP contribution in [0.25, 0.3) is 11.4 Å². The van der Waals surface area contributed by atoms with Gasteiger partial charge in [0.25, 0.3) is 0 Å². The topological polar surface area (TPSA) is 78.4 Å². The van der Waals surface area contributed by atoms with Gasteiger partial charge in [0.15, 0.2) is 5.82 Å². The van der Waals surface area contributed by atoms with Crippen molar-refractivity contribution in [2.75, 3.05) is 18.0 Å². The van der Waals surface area contributed by atoms with Crippen LogP contribution in [0, 0.1) is 11.8 Å². The fourth-order valence-electron chi connectivity index (χ4n) is 5.41. The molecule has 2 aromatic rings. The molecule has 4 atom stereocenters. The number of aromatic nitrogens is 2. The number of aryl methyl sites for hydroxylation is 1. The summed E-state index contributed by atoms with van der Waals surface area (Å²) in [5, 5.41) is 13.4. The number of aliphatic hydroxyl groups excluding tert-OH is 1. The molecule has 5 rings (SSSR count). The Kier molecular flexibility index (Phi) is 4.74. The molecule has 3 aliphatic rings. The molecule has 1 aromatic heterocycles. The van der Waals surface area contributed by atoms with Crippen LogP contribution in [0.3, 0.4) is 0 Å². The number of aliphatic hydroxyl groups is 1. The minimum absolute atomic E-state index is 0.0662. The van der Waals surface area contributed by atoms with Gasteiger partial charge in [-0.2, -0.15) is 0 Å². The molecule has 1 aliphatic heterocycles. The number of anilines is 1. The van der Waals surface area contributed by atoms with E-state index in [0.29, 0.717) is 11.8 Å². The minimum atomic E-state index is -0.462. The van der Waals surface area contributed by atoms with Crippen molar-refractivity contribution >= 4 is 11.7 Å². The van der Waals surface area contributed by atoms with Gasteiger partial charge in [0.05, 0.1) is 12.1 Å². The first-order chi connectivity index (χ1) is 14.1. The molecule has 1 aromatic carbocycles. The van der Waals surface area contributed by atoms with E-state index < -0.39 is 6.10 Å². The molecule has 0 unspecified atom stereocenters. The van der Waals surface area contributed by atoms with Crippen LogP contribution in [0.1, 0.15) is 37.4 Å². The quantitative estimate of drug-likeness (QED) is 0.838. The normalized spacial score (nSPS) is 28.1. The Balaban J connectivity index is 1.43. The standard InChI is InChI=1S/C23H28N4O2/c1-14(28)24-20-10-16-12-27(13-17(16)11-21(20)29)23-18-8-5-9-19(18)25-22(26-23)15-6-3-2-4-7-15/h2-4,6-7,16-17,20-21,29H,5,8-13H2,1H3,(H,24,28)/t16-,17+,20-,21-/m1/s1. The number of fused-ring (bicyclic) bond motifs is 2. The maximum Gasteiger partial charge on any atom is 0.217 e. The van der Waals surface area contributed by atoms with Crippen LogP contribution in [-0.4, -0.2) is 46.2 Å². The predicted octanol–water partition coefficient (Wildman–Crippen LogP) is 2.34. The third-order valence-electron chi connectivity index (χ3n) is 6.77. The summed E-state index contributed by atoms with van der Waals surface area (Å²) in [7, 11) is 0. The highest BCUT2D eigenvalue weighted by molar-refractivity contribution is 5.73. The summed E-state index contributed by atoms with van der Waals surface area (Å²) in [5.41, 5.74) is 3.56. The van der Waals surface area contributed by atoms with Gasteiger partial charge in [0.1, 0.15) is 5.82 Å². The number of carbonyl (C=O) groups is 1. The second-order valence-electron chi connectivity index (χ2n) is 8.79. The first-order valence-corrected chi connectivity index (χ1v) is 10.7. The zero-order valence-electron chi connectivity index (χ0n) is 16.8. The summed E-state index contributed by atoms with van der Waals surface area (Å²) in [6.45, 7) is 3.38. The summed E-state index contributed by atoms with van der Waals surface area (Å²) in [5.74, 6) is 2.76. The molecule has 0 radical (unpaired) electrons. The number of amides is 1. The zero-order chi connectivity index (χ0) is 20.0. The average Bonchev–Trinajstić information content (AvgIpc) is 3.34. The van der Waals surface area contributed by atoms with Crippen LogP contribution in [0.15, 0.2) is 30.3 Å². The molecule has 0 spiro atoms. The van der Waals surface area contributed by atoms with Gasteiger partial charge in [-0.05, 0) is 43.9 Å². The van der Waals surface area contributed by atoms with Crippen molar-refractivity contribution in [2.24, 2.45) is 11.8 Å².